The smallest absolute Gasteiger partial charge is 0.266 e. The van der Waals surface area contributed by atoms with Crippen molar-refractivity contribution in [3.63, 3.8) is 0 Å². The van der Waals surface area contributed by atoms with Crippen molar-refractivity contribution in [1.29, 1.82) is 0 Å². The summed E-state index contributed by atoms with van der Waals surface area (Å²) >= 11 is 6.73. The van der Waals surface area contributed by atoms with Gasteiger partial charge in [-0.25, -0.2) is 0 Å². The number of rotatable bonds is 8. The molecule has 1 saturated heterocycles. The van der Waals surface area contributed by atoms with Gasteiger partial charge in [0.1, 0.15) is 4.32 Å². The van der Waals surface area contributed by atoms with E-state index in [1.54, 1.807) is 4.90 Å². The lowest BCUT2D eigenvalue weighted by molar-refractivity contribution is -0.122. The molecule has 0 spiro atoms. The molecule has 0 unspecified atom stereocenters. The minimum Gasteiger partial charge on any atom is -0.454 e. The minimum atomic E-state index is -0.0741. The molecule has 0 bridgehead atoms. The predicted molar refractivity (Wildman–Crippen MR) is 131 cm³/mol. The molecule has 2 heterocycles. The van der Waals surface area contributed by atoms with Gasteiger partial charge in [-0.05, 0) is 55.2 Å². The fourth-order valence-corrected chi connectivity index (χ4v) is 4.81. The SMILES string of the molecule is Cc1ccccc1NC(=O)CCCCCN1C(=O)/C(=C/c2ccc3c(c2)OCO3)SC1=S. The van der Waals surface area contributed by atoms with Gasteiger partial charge in [0.15, 0.2) is 11.5 Å². The van der Waals surface area contributed by atoms with Crippen LogP contribution in [-0.2, 0) is 9.59 Å². The Hall–Kier alpha value is -2.84. The largest absolute Gasteiger partial charge is 0.454 e. The van der Waals surface area contributed by atoms with Crippen LogP contribution in [0.4, 0.5) is 5.69 Å². The second-order valence-electron chi connectivity index (χ2n) is 7.62. The van der Waals surface area contributed by atoms with E-state index in [-0.39, 0.29) is 18.6 Å². The summed E-state index contributed by atoms with van der Waals surface area (Å²) in [5, 5.41) is 2.95. The van der Waals surface area contributed by atoms with Gasteiger partial charge in [0.2, 0.25) is 12.7 Å². The summed E-state index contributed by atoms with van der Waals surface area (Å²) in [6.45, 7) is 2.75. The van der Waals surface area contributed by atoms with Crippen LogP contribution in [0, 0.1) is 6.92 Å². The number of hydrogen-bond acceptors (Lipinski definition) is 6. The standard InChI is InChI=1S/C24H24N2O4S2/c1-16-7-4-5-8-18(16)25-22(27)9-3-2-6-12-26-23(28)21(32-24(26)31)14-17-10-11-19-20(13-17)30-15-29-19/h4-5,7-8,10-11,13-14H,2-3,6,9,12,15H2,1H3,(H,25,27)/b21-14-. The van der Waals surface area contributed by atoms with Crippen molar-refractivity contribution >= 4 is 51.9 Å². The summed E-state index contributed by atoms with van der Waals surface area (Å²) in [5.41, 5.74) is 2.77. The summed E-state index contributed by atoms with van der Waals surface area (Å²) in [7, 11) is 0. The fourth-order valence-electron chi connectivity index (χ4n) is 3.51. The molecule has 4 rings (SSSR count). The number of para-hydroxylation sites is 1. The van der Waals surface area contributed by atoms with Gasteiger partial charge >= 0.3 is 0 Å². The number of benzene rings is 2. The van der Waals surface area contributed by atoms with Crippen LogP contribution in [0.3, 0.4) is 0 Å². The third-order valence-corrected chi connectivity index (χ3v) is 6.65. The summed E-state index contributed by atoms with van der Waals surface area (Å²) in [4.78, 5) is 27.2. The Kier molecular flexibility index (Phi) is 7.12. The van der Waals surface area contributed by atoms with E-state index in [2.05, 4.69) is 5.32 Å². The molecule has 0 aliphatic carbocycles. The highest BCUT2D eigenvalue weighted by molar-refractivity contribution is 8.26. The van der Waals surface area contributed by atoms with Gasteiger partial charge in [-0.3, -0.25) is 14.5 Å². The van der Waals surface area contributed by atoms with Gasteiger partial charge in [0, 0.05) is 18.7 Å². The molecule has 166 valence electrons. The van der Waals surface area contributed by atoms with E-state index in [9.17, 15) is 9.59 Å². The number of amides is 2. The molecular weight excluding hydrogens is 444 g/mol. The van der Waals surface area contributed by atoms with Crippen molar-refractivity contribution in [3.05, 3.63) is 58.5 Å². The normalized spacial score (nSPS) is 16.2. The summed E-state index contributed by atoms with van der Waals surface area (Å²) < 4.78 is 11.3. The van der Waals surface area contributed by atoms with Gasteiger partial charge in [-0.1, -0.05) is 54.7 Å². The third kappa shape index (κ3) is 5.31. The number of carbonyl (C=O) groups excluding carboxylic acids is 2. The molecule has 0 aromatic heterocycles. The van der Waals surface area contributed by atoms with Gasteiger partial charge in [0.05, 0.1) is 4.91 Å². The van der Waals surface area contributed by atoms with E-state index >= 15 is 0 Å². The highest BCUT2D eigenvalue weighted by Crippen LogP contribution is 2.36. The van der Waals surface area contributed by atoms with E-state index in [1.165, 1.54) is 11.8 Å². The van der Waals surface area contributed by atoms with Crippen LogP contribution in [0.15, 0.2) is 47.4 Å². The van der Waals surface area contributed by atoms with Crippen molar-refractivity contribution in [2.45, 2.75) is 32.6 Å². The number of aryl methyl sites for hydroxylation is 1. The number of fused-ring (bicyclic) bond motifs is 1. The van der Waals surface area contributed by atoms with Crippen LogP contribution >= 0.6 is 24.0 Å². The maximum Gasteiger partial charge on any atom is 0.266 e. The lowest BCUT2D eigenvalue weighted by Gasteiger charge is -2.14. The maximum atomic E-state index is 12.8. The van der Waals surface area contributed by atoms with Crippen LogP contribution in [0.2, 0.25) is 0 Å². The quantitative estimate of drug-likeness (QED) is 0.329. The first kappa shape index (κ1) is 22.4. The molecule has 0 atom stereocenters. The number of hydrogen-bond donors (Lipinski definition) is 1. The van der Waals surface area contributed by atoms with Crippen LogP contribution < -0.4 is 14.8 Å². The molecule has 2 aliphatic heterocycles. The zero-order chi connectivity index (χ0) is 22.5. The second kappa shape index (κ2) is 10.2. The van der Waals surface area contributed by atoms with E-state index in [4.69, 9.17) is 21.7 Å². The number of ether oxygens (including phenoxy) is 2. The molecule has 2 aromatic rings. The van der Waals surface area contributed by atoms with Gasteiger partial charge < -0.3 is 14.8 Å². The first-order valence-corrected chi connectivity index (χ1v) is 11.7. The van der Waals surface area contributed by atoms with Crippen molar-refractivity contribution in [3.8, 4) is 11.5 Å². The molecule has 0 radical (unpaired) electrons. The number of thiocarbonyl (C=S) groups is 1. The fraction of sp³-hybridized carbons (Fsp3) is 0.292. The Labute approximate surface area is 197 Å². The third-order valence-electron chi connectivity index (χ3n) is 5.27. The number of nitrogens with zero attached hydrogens (tertiary/aromatic N) is 1. The van der Waals surface area contributed by atoms with Gasteiger partial charge in [-0.15, -0.1) is 0 Å². The van der Waals surface area contributed by atoms with E-state index in [1.807, 2.05) is 55.5 Å². The van der Waals surface area contributed by atoms with Crippen LogP contribution in [0.5, 0.6) is 11.5 Å². The molecule has 2 aliphatic rings. The molecule has 1 fully saturated rings. The molecule has 1 N–H and O–H groups in total. The molecule has 0 saturated carbocycles. The van der Waals surface area contributed by atoms with Crippen molar-refractivity contribution < 1.29 is 19.1 Å². The molecule has 32 heavy (non-hydrogen) atoms. The van der Waals surface area contributed by atoms with Crippen molar-refractivity contribution in [2.24, 2.45) is 0 Å². The van der Waals surface area contributed by atoms with E-state index in [0.717, 1.165) is 36.1 Å². The van der Waals surface area contributed by atoms with Crippen LogP contribution in [-0.4, -0.2) is 34.4 Å². The number of anilines is 1. The number of unbranched alkanes of at least 4 members (excludes halogenated alkanes) is 2. The Morgan fingerprint density at radius 1 is 1.16 bits per heavy atom. The number of thioether (sulfide) groups is 1. The topological polar surface area (TPSA) is 67.9 Å². The summed E-state index contributed by atoms with van der Waals surface area (Å²) in [6, 6.07) is 13.3. The summed E-state index contributed by atoms with van der Waals surface area (Å²) in [6.07, 6.45) is 4.69. The maximum absolute atomic E-state index is 12.8. The van der Waals surface area contributed by atoms with E-state index < -0.39 is 0 Å². The highest BCUT2D eigenvalue weighted by atomic mass is 32.2. The lowest BCUT2D eigenvalue weighted by atomic mass is 10.1. The number of nitrogens with one attached hydrogen (secondary N) is 1. The Balaban J connectivity index is 1.23. The number of carbonyl (C=O) groups is 2. The highest BCUT2D eigenvalue weighted by Gasteiger charge is 2.31. The molecular formula is C24H24N2O4S2. The van der Waals surface area contributed by atoms with Crippen molar-refractivity contribution in [2.75, 3.05) is 18.7 Å². The van der Waals surface area contributed by atoms with E-state index in [0.29, 0.717) is 33.7 Å². The Morgan fingerprint density at radius 2 is 1.97 bits per heavy atom. The second-order valence-corrected chi connectivity index (χ2v) is 9.30. The van der Waals surface area contributed by atoms with Gasteiger partial charge in [0.25, 0.3) is 5.91 Å². The average Bonchev–Trinajstić information content (AvgIpc) is 3.34. The lowest BCUT2D eigenvalue weighted by Crippen LogP contribution is -2.29. The molecule has 2 amide bonds. The average molecular weight is 469 g/mol. The monoisotopic (exact) mass is 468 g/mol. The van der Waals surface area contributed by atoms with Gasteiger partial charge in [-0.2, -0.15) is 0 Å². The van der Waals surface area contributed by atoms with Crippen LogP contribution in [0.1, 0.15) is 36.8 Å². The zero-order valence-corrected chi connectivity index (χ0v) is 19.4. The Bertz CT molecular complexity index is 1080. The first-order chi connectivity index (χ1) is 15.5. The molecule has 2 aromatic carbocycles. The predicted octanol–water partition coefficient (Wildman–Crippen LogP) is 5.12. The van der Waals surface area contributed by atoms with Crippen LogP contribution in [0.25, 0.3) is 6.08 Å². The molecule has 6 nitrogen and oxygen atoms in total. The Morgan fingerprint density at radius 3 is 2.81 bits per heavy atom. The zero-order valence-electron chi connectivity index (χ0n) is 17.8. The molecule has 8 heteroatoms. The summed E-state index contributed by atoms with van der Waals surface area (Å²) in [5.74, 6) is 1.33. The minimum absolute atomic E-state index is 0.0107. The van der Waals surface area contributed by atoms with Crippen molar-refractivity contribution in [1.82, 2.24) is 4.90 Å². The first-order valence-electron chi connectivity index (χ1n) is 10.5.